The third-order valence-corrected chi connectivity index (χ3v) is 6.79. The number of aryl methyl sites for hydroxylation is 1. The van der Waals surface area contributed by atoms with Crippen LogP contribution in [-0.2, 0) is 10.0 Å². The summed E-state index contributed by atoms with van der Waals surface area (Å²) in [4.78, 5) is 2.36. The predicted octanol–water partition coefficient (Wildman–Crippen LogP) is 4.25. The van der Waals surface area contributed by atoms with Crippen molar-refractivity contribution in [3.63, 3.8) is 0 Å². The van der Waals surface area contributed by atoms with Gasteiger partial charge in [-0.05, 0) is 68.1 Å². The normalized spacial score (nSPS) is 14.3. The number of benzene rings is 2. The Morgan fingerprint density at radius 1 is 0.935 bits per heavy atom. The average molecular weight is 439 g/mol. The molecule has 162 valence electrons. The molecule has 0 unspecified atom stereocenters. The number of aromatic nitrogens is 2. The molecule has 0 saturated carbocycles. The third-order valence-electron chi connectivity index (χ3n) is 5.37. The summed E-state index contributed by atoms with van der Waals surface area (Å²) < 4.78 is 33.5. The Morgan fingerprint density at radius 3 is 2.32 bits per heavy atom. The zero-order valence-corrected chi connectivity index (χ0v) is 18.5. The summed E-state index contributed by atoms with van der Waals surface area (Å²) in [5.74, 6) is 1.22. The maximum atomic E-state index is 12.8. The van der Waals surface area contributed by atoms with E-state index in [1.165, 1.54) is 26.4 Å². The Balaban J connectivity index is 1.49. The molecular formula is C23H26N4O3S. The molecule has 1 aromatic heterocycles. The molecule has 1 aliphatic heterocycles. The molecule has 31 heavy (non-hydrogen) atoms. The van der Waals surface area contributed by atoms with Crippen LogP contribution in [-0.4, -0.2) is 38.8 Å². The quantitative estimate of drug-likeness (QED) is 0.619. The number of methoxy groups -OCH3 is 1. The molecule has 2 heterocycles. The van der Waals surface area contributed by atoms with E-state index in [1.807, 2.05) is 31.2 Å². The van der Waals surface area contributed by atoms with Crippen molar-refractivity contribution < 1.29 is 13.2 Å². The van der Waals surface area contributed by atoms with Crippen LogP contribution in [0.25, 0.3) is 11.3 Å². The molecule has 8 heteroatoms. The van der Waals surface area contributed by atoms with Crippen molar-refractivity contribution in [1.29, 1.82) is 0 Å². The number of piperidine rings is 1. The number of hydrogen-bond donors (Lipinski definition) is 1. The van der Waals surface area contributed by atoms with E-state index in [1.54, 1.807) is 30.3 Å². The van der Waals surface area contributed by atoms with Gasteiger partial charge in [0.2, 0.25) is 0 Å². The molecule has 0 aliphatic carbocycles. The van der Waals surface area contributed by atoms with E-state index in [0.717, 1.165) is 35.7 Å². The van der Waals surface area contributed by atoms with Crippen molar-refractivity contribution in [3.8, 4) is 17.0 Å². The molecule has 7 nitrogen and oxygen atoms in total. The summed E-state index contributed by atoms with van der Waals surface area (Å²) in [5.41, 5.74) is 3.00. The fourth-order valence-corrected chi connectivity index (χ4v) is 4.90. The zero-order chi connectivity index (χ0) is 21.8. The van der Waals surface area contributed by atoms with Crippen LogP contribution in [0.5, 0.6) is 5.75 Å². The van der Waals surface area contributed by atoms with Crippen LogP contribution in [0.2, 0.25) is 0 Å². The van der Waals surface area contributed by atoms with Crippen molar-refractivity contribution in [2.45, 2.75) is 31.1 Å². The molecule has 1 N–H and O–H groups in total. The van der Waals surface area contributed by atoms with E-state index < -0.39 is 10.0 Å². The summed E-state index contributed by atoms with van der Waals surface area (Å²) >= 11 is 0. The number of anilines is 2. The second kappa shape index (κ2) is 8.93. The molecule has 0 atom stereocenters. The van der Waals surface area contributed by atoms with E-state index in [4.69, 9.17) is 4.74 Å². The highest BCUT2D eigenvalue weighted by Crippen LogP contribution is 2.28. The van der Waals surface area contributed by atoms with Crippen molar-refractivity contribution >= 4 is 21.5 Å². The highest BCUT2D eigenvalue weighted by Gasteiger charge is 2.20. The van der Waals surface area contributed by atoms with E-state index in [2.05, 4.69) is 19.8 Å². The van der Waals surface area contributed by atoms with Gasteiger partial charge in [-0.1, -0.05) is 18.2 Å². The summed E-state index contributed by atoms with van der Waals surface area (Å²) in [5, 5.41) is 8.74. The molecule has 1 saturated heterocycles. The minimum atomic E-state index is -3.78. The summed E-state index contributed by atoms with van der Waals surface area (Å²) in [7, 11) is -2.32. The lowest BCUT2D eigenvalue weighted by molar-refractivity contribution is 0.402. The first-order chi connectivity index (χ1) is 15.0. The van der Waals surface area contributed by atoms with Crippen LogP contribution in [0, 0.1) is 6.92 Å². The second-order valence-corrected chi connectivity index (χ2v) is 9.31. The lowest BCUT2D eigenvalue weighted by atomic mass is 10.1. The largest absolute Gasteiger partial charge is 0.495 e. The Hall–Kier alpha value is -3.13. The molecule has 0 spiro atoms. The molecule has 1 fully saturated rings. The summed E-state index contributed by atoms with van der Waals surface area (Å²) in [6, 6.07) is 16.0. The highest BCUT2D eigenvalue weighted by atomic mass is 32.2. The summed E-state index contributed by atoms with van der Waals surface area (Å²) in [6.07, 6.45) is 3.65. The Kier molecular flexibility index (Phi) is 6.08. The average Bonchev–Trinajstić information content (AvgIpc) is 2.80. The Labute approximate surface area is 183 Å². The van der Waals surface area contributed by atoms with Gasteiger partial charge in [-0.2, -0.15) is 0 Å². The van der Waals surface area contributed by atoms with Gasteiger partial charge in [0, 0.05) is 24.3 Å². The molecule has 0 radical (unpaired) electrons. The van der Waals surface area contributed by atoms with Gasteiger partial charge < -0.3 is 9.64 Å². The van der Waals surface area contributed by atoms with Crippen molar-refractivity contribution in [2.75, 3.05) is 29.8 Å². The number of hydrogen-bond acceptors (Lipinski definition) is 6. The van der Waals surface area contributed by atoms with E-state index in [0.29, 0.717) is 11.4 Å². The minimum absolute atomic E-state index is 0.101. The smallest absolute Gasteiger partial charge is 0.265 e. The van der Waals surface area contributed by atoms with Crippen molar-refractivity contribution in [2.24, 2.45) is 0 Å². The molecule has 0 amide bonds. The Bertz CT molecular complexity index is 1140. The van der Waals surface area contributed by atoms with Gasteiger partial charge in [0.15, 0.2) is 5.82 Å². The number of sulfonamides is 1. The number of nitrogens with zero attached hydrogens (tertiary/aromatic N) is 3. The fraction of sp³-hybridized carbons (Fsp3) is 0.304. The van der Waals surface area contributed by atoms with Crippen LogP contribution < -0.4 is 14.4 Å². The van der Waals surface area contributed by atoms with E-state index in [9.17, 15) is 8.42 Å². The highest BCUT2D eigenvalue weighted by molar-refractivity contribution is 7.92. The minimum Gasteiger partial charge on any atom is -0.495 e. The Morgan fingerprint density at radius 2 is 1.68 bits per heavy atom. The zero-order valence-electron chi connectivity index (χ0n) is 17.7. The molecular weight excluding hydrogens is 412 g/mol. The van der Waals surface area contributed by atoms with Crippen molar-refractivity contribution in [1.82, 2.24) is 10.2 Å². The number of ether oxygens (including phenoxy) is 1. The molecule has 3 aromatic rings. The molecule has 2 aromatic carbocycles. The van der Waals surface area contributed by atoms with E-state index in [-0.39, 0.29) is 4.90 Å². The predicted molar refractivity (Wildman–Crippen MR) is 122 cm³/mol. The third kappa shape index (κ3) is 4.80. The van der Waals surface area contributed by atoms with Crippen LogP contribution in [0.15, 0.2) is 59.5 Å². The molecule has 4 rings (SSSR count). The van der Waals surface area contributed by atoms with Crippen LogP contribution in [0.4, 0.5) is 11.5 Å². The maximum Gasteiger partial charge on any atom is 0.265 e. The first kappa shape index (κ1) is 21.1. The van der Waals surface area contributed by atoms with Gasteiger partial charge in [-0.15, -0.1) is 10.2 Å². The van der Waals surface area contributed by atoms with Gasteiger partial charge in [0.1, 0.15) is 10.6 Å². The van der Waals surface area contributed by atoms with Gasteiger partial charge in [0.05, 0.1) is 12.8 Å². The monoisotopic (exact) mass is 438 g/mol. The van der Waals surface area contributed by atoms with Gasteiger partial charge in [-0.3, -0.25) is 4.72 Å². The lowest BCUT2D eigenvalue weighted by Crippen LogP contribution is -2.30. The van der Waals surface area contributed by atoms with Gasteiger partial charge in [0.25, 0.3) is 10.0 Å². The van der Waals surface area contributed by atoms with Crippen LogP contribution >= 0.6 is 0 Å². The SMILES string of the molecule is COc1cc(C)ccc1S(=O)(=O)Nc1ccc(-c2ccc(N3CCCCC3)nn2)cc1. The summed E-state index contributed by atoms with van der Waals surface area (Å²) in [6.45, 7) is 3.93. The first-order valence-corrected chi connectivity index (χ1v) is 11.8. The lowest BCUT2D eigenvalue weighted by Gasteiger charge is -2.27. The van der Waals surface area contributed by atoms with Gasteiger partial charge >= 0.3 is 0 Å². The van der Waals surface area contributed by atoms with Gasteiger partial charge in [-0.25, -0.2) is 8.42 Å². The van der Waals surface area contributed by atoms with E-state index >= 15 is 0 Å². The fourth-order valence-electron chi connectivity index (χ4n) is 3.69. The van der Waals surface area contributed by atoms with Crippen molar-refractivity contribution in [3.05, 3.63) is 60.2 Å². The number of nitrogens with one attached hydrogen (secondary N) is 1. The topological polar surface area (TPSA) is 84.4 Å². The van der Waals surface area contributed by atoms with Crippen LogP contribution in [0.1, 0.15) is 24.8 Å². The first-order valence-electron chi connectivity index (χ1n) is 10.3. The maximum absolute atomic E-state index is 12.8. The second-order valence-electron chi connectivity index (χ2n) is 7.66. The molecule has 1 aliphatic rings. The van der Waals surface area contributed by atoms with Crippen LogP contribution in [0.3, 0.4) is 0 Å². The number of rotatable bonds is 6. The standard InChI is InChI=1S/C23H26N4O3S/c1-17-6-12-22(21(16-17)30-2)31(28,29)26-19-9-7-18(8-10-19)20-11-13-23(25-24-20)27-14-4-3-5-15-27/h6-13,16,26H,3-5,14-15H2,1-2H3. The molecule has 0 bridgehead atoms.